The van der Waals surface area contributed by atoms with Gasteiger partial charge in [-0.05, 0) is 51.9 Å². The summed E-state index contributed by atoms with van der Waals surface area (Å²) in [5.74, 6) is 0.820. The summed E-state index contributed by atoms with van der Waals surface area (Å²) in [5.41, 5.74) is 0.473. The minimum atomic E-state index is 0.473. The lowest BCUT2D eigenvalue weighted by atomic mass is 9.55. The normalized spacial score (nSPS) is 30.4. The highest BCUT2D eigenvalue weighted by Gasteiger charge is 2.55. The molecule has 2 fully saturated rings. The molecule has 0 bridgehead atoms. The lowest BCUT2D eigenvalue weighted by Crippen LogP contribution is -2.65. The molecule has 118 valence electrons. The third kappa shape index (κ3) is 3.57. The van der Waals surface area contributed by atoms with E-state index in [1.54, 1.807) is 0 Å². The molecule has 0 amide bonds. The Kier molecular flexibility index (Phi) is 5.92. The molecule has 0 radical (unpaired) electrons. The SMILES string of the molecule is CCOC1CC(NC(C)CCC(C)C)C12CCCCC2. The smallest absolute Gasteiger partial charge is 0.0661 e. The van der Waals surface area contributed by atoms with Crippen molar-refractivity contribution >= 4 is 0 Å². The van der Waals surface area contributed by atoms with Gasteiger partial charge in [-0.2, -0.15) is 0 Å². The van der Waals surface area contributed by atoms with E-state index in [-0.39, 0.29) is 0 Å². The Morgan fingerprint density at radius 3 is 2.40 bits per heavy atom. The monoisotopic (exact) mass is 281 g/mol. The van der Waals surface area contributed by atoms with Gasteiger partial charge in [0.25, 0.3) is 0 Å². The molecule has 1 N–H and O–H groups in total. The minimum Gasteiger partial charge on any atom is -0.378 e. The quantitative estimate of drug-likeness (QED) is 0.740. The van der Waals surface area contributed by atoms with Gasteiger partial charge >= 0.3 is 0 Å². The van der Waals surface area contributed by atoms with Crippen LogP contribution < -0.4 is 5.32 Å². The van der Waals surface area contributed by atoms with Crippen molar-refractivity contribution in [3.8, 4) is 0 Å². The predicted octanol–water partition coefficient (Wildman–Crippen LogP) is 4.53. The van der Waals surface area contributed by atoms with Crippen LogP contribution in [0.15, 0.2) is 0 Å². The first-order valence-corrected chi connectivity index (χ1v) is 8.96. The largest absolute Gasteiger partial charge is 0.378 e. The van der Waals surface area contributed by atoms with Crippen LogP contribution in [0.3, 0.4) is 0 Å². The minimum absolute atomic E-state index is 0.473. The van der Waals surface area contributed by atoms with Gasteiger partial charge in [-0.3, -0.25) is 0 Å². The number of hydrogen-bond donors (Lipinski definition) is 1. The van der Waals surface area contributed by atoms with Crippen molar-refractivity contribution in [1.82, 2.24) is 5.32 Å². The van der Waals surface area contributed by atoms with E-state index in [4.69, 9.17) is 4.74 Å². The van der Waals surface area contributed by atoms with Gasteiger partial charge < -0.3 is 10.1 Å². The fraction of sp³-hybridized carbons (Fsp3) is 1.00. The lowest BCUT2D eigenvalue weighted by molar-refractivity contribution is -0.152. The zero-order valence-electron chi connectivity index (χ0n) is 14.1. The predicted molar refractivity (Wildman–Crippen MR) is 86.0 cm³/mol. The Balaban J connectivity index is 1.87. The van der Waals surface area contributed by atoms with Crippen LogP contribution in [0.25, 0.3) is 0 Å². The van der Waals surface area contributed by atoms with Crippen LogP contribution in [-0.2, 0) is 4.74 Å². The summed E-state index contributed by atoms with van der Waals surface area (Å²) in [6.45, 7) is 10.0. The van der Waals surface area contributed by atoms with E-state index in [0.29, 0.717) is 23.6 Å². The maximum absolute atomic E-state index is 6.04. The number of hydrogen-bond acceptors (Lipinski definition) is 2. The van der Waals surface area contributed by atoms with E-state index < -0.39 is 0 Å². The molecule has 2 nitrogen and oxygen atoms in total. The van der Waals surface area contributed by atoms with Gasteiger partial charge in [0, 0.05) is 24.1 Å². The Bertz CT molecular complexity index is 283. The first-order valence-electron chi connectivity index (χ1n) is 8.96. The van der Waals surface area contributed by atoms with E-state index in [1.165, 1.54) is 51.4 Å². The van der Waals surface area contributed by atoms with Gasteiger partial charge in [0.05, 0.1) is 6.10 Å². The first-order chi connectivity index (χ1) is 9.58. The lowest BCUT2D eigenvalue weighted by Gasteiger charge is -2.58. The molecule has 1 spiro atoms. The third-order valence-corrected chi connectivity index (χ3v) is 5.60. The van der Waals surface area contributed by atoms with E-state index >= 15 is 0 Å². The fourth-order valence-corrected chi connectivity index (χ4v) is 4.31. The van der Waals surface area contributed by atoms with Crippen LogP contribution >= 0.6 is 0 Å². The maximum Gasteiger partial charge on any atom is 0.0661 e. The van der Waals surface area contributed by atoms with Gasteiger partial charge in [-0.15, -0.1) is 0 Å². The van der Waals surface area contributed by atoms with Crippen molar-refractivity contribution < 1.29 is 4.74 Å². The van der Waals surface area contributed by atoms with Crippen LogP contribution in [0.4, 0.5) is 0 Å². The molecule has 0 aromatic rings. The Labute approximate surface area is 126 Å². The fourth-order valence-electron chi connectivity index (χ4n) is 4.31. The molecule has 0 aliphatic heterocycles. The van der Waals surface area contributed by atoms with Crippen molar-refractivity contribution in [2.24, 2.45) is 11.3 Å². The van der Waals surface area contributed by atoms with E-state index in [9.17, 15) is 0 Å². The van der Waals surface area contributed by atoms with Crippen LogP contribution in [0.2, 0.25) is 0 Å². The molecule has 0 heterocycles. The summed E-state index contributed by atoms with van der Waals surface area (Å²) in [6, 6.07) is 1.37. The standard InChI is InChI=1S/C18H35NO/c1-5-20-17-13-16(18(17)11-7-6-8-12-18)19-15(4)10-9-14(2)3/h14-17,19H,5-13H2,1-4H3. The highest BCUT2D eigenvalue weighted by molar-refractivity contribution is 5.09. The molecule has 3 atom stereocenters. The van der Waals surface area contributed by atoms with Crippen molar-refractivity contribution in [3.63, 3.8) is 0 Å². The average molecular weight is 281 g/mol. The summed E-state index contributed by atoms with van der Waals surface area (Å²) in [7, 11) is 0. The Morgan fingerprint density at radius 2 is 1.80 bits per heavy atom. The molecule has 0 aromatic heterocycles. The van der Waals surface area contributed by atoms with Crippen molar-refractivity contribution in [2.75, 3.05) is 6.61 Å². The molecule has 2 saturated carbocycles. The third-order valence-electron chi connectivity index (χ3n) is 5.60. The summed E-state index contributed by atoms with van der Waals surface area (Å²) in [4.78, 5) is 0. The zero-order valence-corrected chi connectivity index (χ0v) is 14.1. The molecular formula is C18H35NO. The Morgan fingerprint density at radius 1 is 1.10 bits per heavy atom. The van der Waals surface area contributed by atoms with Crippen LogP contribution in [-0.4, -0.2) is 24.8 Å². The van der Waals surface area contributed by atoms with Gasteiger partial charge in [0.15, 0.2) is 0 Å². The summed E-state index contributed by atoms with van der Waals surface area (Å²) in [5, 5.41) is 3.94. The maximum atomic E-state index is 6.04. The van der Waals surface area contributed by atoms with Gasteiger partial charge in [-0.25, -0.2) is 0 Å². The average Bonchev–Trinajstić information content (AvgIpc) is 2.45. The van der Waals surface area contributed by atoms with Gasteiger partial charge in [0.2, 0.25) is 0 Å². The second-order valence-corrected chi connectivity index (χ2v) is 7.57. The van der Waals surface area contributed by atoms with Gasteiger partial charge in [-0.1, -0.05) is 33.1 Å². The molecular weight excluding hydrogens is 246 g/mol. The second kappa shape index (κ2) is 7.26. The van der Waals surface area contributed by atoms with Crippen molar-refractivity contribution in [3.05, 3.63) is 0 Å². The summed E-state index contributed by atoms with van der Waals surface area (Å²) >= 11 is 0. The zero-order chi connectivity index (χ0) is 14.6. The number of rotatable bonds is 7. The number of nitrogens with one attached hydrogen (secondary N) is 1. The number of ether oxygens (including phenoxy) is 1. The molecule has 0 saturated heterocycles. The van der Waals surface area contributed by atoms with E-state index in [0.717, 1.165) is 12.5 Å². The highest BCUT2D eigenvalue weighted by atomic mass is 16.5. The van der Waals surface area contributed by atoms with Crippen molar-refractivity contribution in [1.29, 1.82) is 0 Å². The molecule has 3 unspecified atom stereocenters. The highest BCUT2D eigenvalue weighted by Crippen LogP contribution is 2.53. The molecule has 2 aliphatic rings. The van der Waals surface area contributed by atoms with E-state index in [2.05, 4.69) is 33.0 Å². The molecule has 0 aromatic carbocycles. The first kappa shape index (κ1) is 16.3. The van der Waals surface area contributed by atoms with Crippen LogP contribution in [0.5, 0.6) is 0 Å². The molecule has 2 aliphatic carbocycles. The van der Waals surface area contributed by atoms with Crippen molar-refractivity contribution in [2.45, 2.75) is 97.2 Å². The van der Waals surface area contributed by atoms with E-state index in [1.807, 2.05) is 0 Å². The second-order valence-electron chi connectivity index (χ2n) is 7.57. The van der Waals surface area contributed by atoms with Gasteiger partial charge in [0.1, 0.15) is 0 Å². The molecule has 20 heavy (non-hydrogen) atoms. The topological polar surface area (TPSA) is 21.3 Å². The molecule has 2 rings (SSSR count). The summed E-state index contributed by atoms with van der Waals surface area (Å²) in [6.07, 6.45) is 11.4. The van der Waals surface area contributed by atoms with Crippen LogP contribution in [0.1, 0.15) is 79.1 Å². The molecule has 2 heteroatoms. The van der Waals surface area contributed by atoms with Crippen LogP contribution in [0, 0.1) is 11.3 Å². The Hall–Kier alpha value is -0.0800. The summed E-state index contributed by atoms with van der Waals surface area (Å²) < 4.78 is 6.04.